The molecule has 4 aromatic rings. The van der Waals surface area contributed by atoms with E-state index in [4.69, 9.17) is 4.52 Å². The molecule has 1 aliphatic rings. The maximum Gasteiger partial charge on any atom is 0.259 e. The number of fused-ring (bicyclic) bond motifs is 1. The van der Waals surface area contributed by atoms with Crippen LogP contribution in [0.2, 0.25) is 0 Å². The Bertz CT molecular complexity index is 1250. The summed E-state index contributed by atoms with van der Waals surface area (Å²) in [5, 5.41) is 8.19. The minimum Gasteiger partial charge on any atom is -0.363 e. The number of benzene rings is 2. The van der Waals surface area contributed by atoms with Crippen LogP contribution in [-0.2, 0) is 0 Å². The first-order valence-corrected chi connectivity index (χ1v) is 11.0. The molecule has 158 valence electrons. The van der Waals surface area contributed by atoms with Crippen molar-refractivity contribution in [2.45, 2.75) is 13.3 Å². The average Bonchev–Trinajstić information content (AvgIpc) is 3.50. The SMILES string of the molecule is Cc1cccc(-c2nocc2C(=O)N2CCC(CNc3nc4ccc(F)cc4s3)C2)c1. The Morgan fingerprint density at radius 2 is 2.23 bits per heavy atom. The molecule has 0 aliphatic carbocycles. The van der Waals surface area contributed by atoms with Crippen molar-refractivity contribution in [1.29, 1.82) is 0 Å². The molecule has 1 unspecified atom stereocenters. The van der Waals surface area contributed by atoms with E-state index < -0.39 is 0 Å². The molecular weight excluding hydrogens is 415 g/mol. The fourth-order valence-corrected chi connectivity index (χ4v) is 4.85. The first-order chi connectivity index (χ1) is 15.1. The molecule has 1 aliphatic heterocycles. The molecule has 0 bridgehead atoms. The van der Waals surface area contributed by atoms with Crippen molar-refractivity contribution in [2.24, 2.45) is 5.92 Å². The number of nitrogens with one attached hydrogen (secondary N) is 1. The summed E-state index contributed by atoms with van der Waals surface area (Å²) in [6, 6.07) is 12.5. The Labute approximate surface area is 182 Å². The van der Waals surface area contributed by atoms with E-state index in [9.17, 15) is 9.18 Å². The molecular formula is C23H21FN4O2S. The molecule has 0 saturated carbocycles. The van der Waals surface area contributed by atoms with E-state index in [0.717, 1.165) is 32.9 Å². The maximum absolute atomic E-state index is 13.4. The Morgan fingerprint density at radius 3 is 3.10 bits per heavy atom. The molecule has 6 nitrogen and oxygen atoms in total. The highest BCUT2D eigenvalue weighted by Gasteiger charge is 2.30. The Kier molecular flexibility index (Phi) is 5.15. The zero-order chi connectivity index (χ0) is 21.4. The van der Waals surface area contributed by atoms with Gasteiger partial charge < -0.3 is 14.7 Å². The number of halogens is 1. The first kappa shape index (κ1) is 19.7. The standard InChI is InChI=1S/C23H21FN4O2S/c1-14-3-2-4-16(9-14)21-18(13-30-27-21)22(29)28-8-7-15(12-28)11-25-23-26-19-6-5-17(24)10-20(19)31-23/h2-6,9-10,13,15H,7-8,11-12H2,1H3,(H,25,26). The number of hydrogen-bond donors (Lipinski definition) is 1. The van der Waals surface area contributed by atoms with Gasteiger partial charge in [0.2, 0.25) is 0 Å². The molecule has 1 fully saturated rings. The van der Waals surface area contributed by atoms with Crippen LogP contribution in [0.1, 0.15) is 22.3 Å². The van der Waals surface area contributed by atoms with E-state index in [1.54, 1.807) is 6.07 Å². The molecule has 1 saturated heterocycles. The summed E-state index contributed by atoms with van der Waals surface area (Å²) in [5.74, 6) is -0.00267. The third-order valence-electron chi connectivity index (χ3n) is 5.56. The Morgan fingerprint density at radius 1 is 1.32 bits per heavy atom. The highest BCUT2D eigenvalue weighted by atomic mass is 32.1. The zero-order valence-corrected chi connectivity index (χ0v) is 17.8. The number of rotatable bonds is 5. The van der Waals surface area contributed by atoms with Crippen LogP contribution in [0.15, 0.2) is 53.3 Å². The number of carbonyl (C=O) groups is 1. The van der Waals surface area contributed by atoms with Crippen LogP contribution >= 0.6 is 11.3 Å². The molecule has 3 heterocycles. The summed E-state index contributed by atoms with van der Waals surface area (Å²) in [4.78, 5) is 19.5. The summed E-state index contributed by atoms with van der Waals surface area (Å²) >= 11 is 1.44. The normalized spacial score (nSPS) is 16.2. The largest absolute Gasteiger partial charge is 0.363 e. The second-order valence-electron chi connectivity index (χ2n) is 7.86. The van der Waals surface area contributed by atoms with Crippen LogP contribution in [0, 0.1) is 18.7 Å². The molecule has 2 aromatic carbocycles. The van der Waals surface area contributed by atoms with Crippen LogP contribution in [0.3, 0.4) is 0 Å². The van der Waals surface area contributed by atoms with E-state index in [1.165, 1.54) is 29.7 Å². The number of thiazole rings is 1. The minimum absolute atomic E-state index is 0.0595. The minimum atomic E-state index is -0.258. The smallest absolute Gasteiger partial charge is 0.259 e. The molecule has 31 heavy (non-hydrogen) atoms. The van der Waals surface area contributed by atoms with Crippen molar-refractivity contribution in [1.82, 2.24) is 15.0 Å². The molecule has 1 amide bonds. The second-order valence-corrected chi connectivity index (χ2v) is 8.89. The quantitative estimate of drug-likeness (QED) is 0.478. The van der Waals surface area contributed by atoms with E-state index >= 15 is 0 Å². The van der Waals surface area contributed by atoms with Crippen molar-refractivity contribution in [3.8, 4) is 11.3 Å². The predicted octanol–water partition coefficient (Wildman–Crippen LogP) is 4.97. The van der Waals surface area contributed by atoms with Gasteiger partial charge >= 0.3 is 0 Å². The van der Waals surface area contributed by atoms with Gasteiger partial charge in [0, 0.05) is 25.2 Å². The van der Waals surface area contributed by atoms with Crippen LogP contribution in [0.25, 0.3) is 21.5 Å². The van der Waals surface area contributed by atoms with Gasteiger partial charge in [-0.25, -0.2) is 9.37 Å². The lowest BCUT2D eigenvalue weighted by Crippen LogP contribution is -2.29. The fourth-order valence-electron chi connectivity index (χ4n) is 3.95. The molecule has 1 N–H and O–H groups in total. The van der Waals surface area contributed by atoms with Crippen molar-refractivity contribution in [2.75, 3.05) is 25.0 Å². The average molecular weight is 437 g/mol. The van der Waals surface area contributed by atoms with Gasteiger partial charge in [-0.2, -0.15) is 0 Å². The van der Waals surface area contributed by atoms with E-state index in [2.05, 4.69) is 15.5 Å². The van der Waals surface area contributed by atoms with Crippen LogP contribution < -0.4 is 5.32 Å². The van der Waals surface area contributed by atoms with Crippen molar-refractivity contribution < 1.29 is 13.7 Å². The van der Waals surface area contributed by atoms with Gasteiger partial charge in [-0.05, 0) is 43.5 Å². The topological polar surface area (TPSA) is 71.3 Å². The predicted molar refractivity (Wildman–Crippen MR) is 119 cm³/mol. The van der Waals surface area contributed by atoms with Crippen LogP contribution in [-0.4, -0.2) is 40.6 Å². The Hall–Kier alpha value is -3.26. The number of carbonyl (C=O) groups excluding carboxylic acids is 1. The summed E-state index contributed by atoms with van der Waals surface area (Å²) in [5.41, 5.74) is 3.84. The van der Waals surface area contributed by atoms with Gasteiger partial charge in [0.15, 0.2) is 5.13 Å². The lowest BCUT2D eigenvalue weighted by molar-refractivity contribution is 0.0788. The van der Waals surface area contributed by atoms with Gasteiger partial charge in [0.25, 0.3) is 5.91 Å². The molecule has 1 atom stereocenters. The number of anilines is 1. The lowest BCUT2D eigenvalue weighted by atomic mass is 10.1. The zero-order valence-electron chi connectivity index (χ0n) is 17.0. The number of hydrogen-bond acceptors (Lipinski definition) is 6. The highest BCUT2D eigenvalue weighted by Crippen LogP contribution is 2.29. The number of aromatic nitrogens is 2. The highest BCUT2D eigenvalue weighted by molar-refractivity contribution is 7.22. The third-order valence-corrected chi connectivity index (χ3v) is 6.53. The van der Waals surface area contributed by atoms with Crippen molar-refractivity contribution in [3.63, 3.8) is 0 Å². The second kappa shape index (κ2) is 8.11. The van der Waals surface area contributed by atoms with Gasteiger partial charge in [-0.15, -0.1) is 0 Å². The van der Waals surface area contributed by atoms with E-state index in [1.807, 2.05) is 36.1 Å². The summed E-state index contributed by atoms with van der Waals surface area (Å²) in [7, 11) is 0. The summed E-state index contributed by atoms with van der Waals surface area (Å²) in [6.45, 7) is 4.06. The van der Waals surface area contributed by atoms with Gasteiger partial charge in [0.05, 0.1) is 10.2 Å². The third kappa shape index (κ3) is 4.03. The molecule has 8 heteroatoms. The number of aryl methyl sites for hydroxylation is 1. The monoisotopic (exact) mass is 436 g/mol. The number of likely N-dealkylation sites (tertiary alicyclic amines) is 1. The van der Waals surface area contributed by atoms with Crippen molar-refractivity contribution in [3.05, 3.63) is 65.7 Å². The van der Waals surface area contributed by atoms with Gasteiger partial charge in [-0.1, -0.05) is 40.3 Å². The van der Waals surface area contributed by atoms with E-state index in [0.29, 0.717) is 36.8 Å². The maximum atomic E-state index is 13.4. The molecule has 2 aromatic heterocycles. The Balaban J connectivity index is 1.23. The fraction of sp³-hybridized carbons (Fsp3) is 0.261. The lowest BCUT2D eigenvalue weighted by Gasteiger charge is -2.16. The summed E-state index contributed by atoms with van der Waals surface area (Å²) in [6.07, 6.45) is 2.34. The molecule has 5 rings (SSSR count). The van der Waals surface area contributed by atoms with Gasteiger partial charge in [0.1, 0.15) is 23.3 Å². The molecule has 0 spiro atoms. The number of amides is 1. The van der Waals surface area contributed by atoms with Crippen molar-refractivity contribution >= 4 is 32.6 Å². The number of nitrogens with zero attached hydrogens (tertiary/aromatic N) is 3. The van der Waals surface area contributed by atoms with Crippen LogP contribution in [0.4, 0.5) is 9.52 Å². The molecule has 0 radical (unpaired) electrons. The van der Waals surface area contributed by atoms with Gasteiger partial charge in [-0.3, -0.25) is 4.79 Å². The van der Waals surface area contributed by atoms with E-state index in [-0.39, 0.29) is 11.7 Å². The summed E-state index contributed by atoms with van der Waals surface area (Å²) < 4.78 is 19.3. The first-order valence-electron chi connectivity index (χ1n) is 10.2. The van der Waals surface area contributed by atoms with Crippen LogP contribution in [0.5, 0.6) is 0 Å².